The van der Waals surface area contributed by atoms with Crippen molar-refractivity contribution < 1.29 is 0 Å². The van der Waals surface area contributed by atoms with Gasteiger partial charge in [-0.2, -0.15) is 0 Å². The molecule has 0 N–H and O–H groups in total. The molecule has 0 radical (unpaired) electrons. The fourth-order valence-electron chi connectivity index (χ4n) is 13.2. The normalized spacial score (nSPS) is 15.4. The number of hydrogen-bond donors (Lipinski definition) is 0. The molecular formula is C78H56N2. The monoisotopic (exact) mass is 1020 g/mol. The molecule has 0 saturated carbocycles. The molecule has 0 aromatic heterocycles. The predicted molar refractivity (Wildman–Crippen MR) is 336 cm³/mol. The Kier molecular flexibility index (Phi) is 12.0. The van der Waals surface area contributed by atoms with Crippen molar-refractivity contribution in [1.29, 1.82) is 0 Å². The maximum Gasteiger partial charge on any atom is 0.0714 e. The highest BCUT2D eigenvalue weighted by Crippen LogP contribution is 2.59. The number of benzene rings is 12. The minimum absolute atomic E-state index is 0.547. The Labute approximate surface area is 469 Å². The van der Waals surface area contributed by atoms with Crippen LogP contribution < -0.4 is 9.80 Å². The molecule has 12 aromatic carbocycles. The van der Waals surface area contributed by atoms with Gasteiger partial charge in [0.15, 0.2) is 0 Å². The Bertz CT molecular complexity index is 3950. The summed E-state index contributed by atoms with van der Waals surface area (Å²) in [5.41, 5.74) is 24.9. The first-order chi connectivity index (χ1) is 39.6. The van der Waals surface area contributed by atoms with E-state index in [1.54, 1.807) is 0 Å². The van der Waals surface area contributed by atoms with E-state index in [1.165, 1.54) is 66.8 Å². The van der Waals surface area contributed by atoms with Gasteiger partial charge in [-0.05, 0) is 162 Å². The van der Waals surface area contributed by atoms with Crippen molar-refractivity contribution in [3.63, 3.8) is 0 Å². The molecule has 0 aliphatic heterocycles. The molecule has 14 rings (SSSR count). The van der Waals surface area contributed by atoms with Crippen molar-refractivity contribution in [1.82, 2.24) is 0 Å². The van der Waals surface area contributed by atoms with E-state index in [-0.39, 0.29) is 0 Å². The van der Waals surface area contributed by atoms with Crippen LogP contribution in [0.3, 0.4) is 0 Å². The number of para-hydroxylation sites is 2. The molecule has 0 heterocycles. The molecule has 2 nitrogen and oxygen atoms in total. The van der Waals surface area contributed by atoms with Crippen LogP contribution in [0.1, 0.15) is 55.6 Å². The highest BCUT2D eigenvalue weighted by molar-refractivity contribution is 5.92. The standard InChI is InChI=1S/C78H56N2/c1-3-55-33-41-61(42-34-55)77(59-21-9-5-10-22-59)73-31-19-17-29-69(73)71-51-49-67(53-75(71)77)79(63-25-13-7-14-26-63)65-45-37-57(38-46-65)58-39-47-66(48-40-58)80(64-27-15-8-16-28-64)68-50-52-72-70-30-18-20-32-74(70)78(76(72)54-68,60-23-11-6-12-24-60)62-43-35-56(4-2)36-44-62/h3-54H,1-2H2. The summed E-state index contributed by atoms with van der Waals surface area (Å²) in [6.45, 7) is 8.15. The zero-order chi connectivity index (χ0) is 53.6. The fraction of sp³-hybridized carbons (Fsp3) is 0.0256. The molecule has 2 heteroatoms. The Morgan fingerprint density at radius 1 is 0.237 bits per heavy atom. The molecule has 12 aromatic rings. The van der Waals surface area contributed by atoms with Crippen LogP contribution in [-0.4, -0.2) is 0 Å². The van der Waals surface area contributed by atoms with E-state index in [0.717, 1.165) is 56.4 Å². The van der Waals surface area contributed by atoms with Gasteiger partial charge in [-0.1, -0.05) is 256 Å². The summed E-state index contributed by atoms with van der Waals surface area (Å²) in [6, 6.07) is 112. The number of anilines is 6. The minimum atomic E-state index is -0.547. The van der Waals surface area contributed by atoms with Crippen molar-refractivity contribution in [2.75, 3.05) is 9.80 Å². The summed E-state index contributed by atoms with van der Waals surface area (Å²) in [5.74, 6) is 0. The van der Waals surface area contributed by atoms with Gasteiger partial charge in [0.2, 0.25) is 0 Å². The maximum atomic E-state index is 4.07. The lowest BCUT2D eigenvalue weighted by Crippen LogP contribution is -2.28. The highest BCUT2D eigenvalue weighted by Gasteiger charge is 2.48. The second kappa shape index (κ2) is 19.9. The van der Waals surface area contributed by atoms with Crippen LogP contribution in [0.15, 0.2) is 316 Å². The van der Waals surface area contributed by atoms with E-state index in [1.807, 2.05) is 12.2 Å². The molecule has 80 heavy (non-hydrogen) atoms. The van der Waals surface area contributed by atoms with Gasteiger partial charge in [0.1, 0.15) is 0 Å². The topological polar surface area (TPSA) is 6.48 Å². The second-order valence-electron chi connectivity index (χ2n) is 20.9. The van der Waals surface area contributed by atoms with Gasteiger partial charge >= 0.3 is 0 Å². The summed E-state index contributed by atoms with van der Waals surface area (Å²) in [6.07, 6.45) is 3.84. The number of fused-ring (bicyclic) bond motifs is 6. The SMILES string of the molecule is C=Cc1ccc(C2(c3ccccc3)c3ccccc3-c3ccc(N(c4ccccc4)c4ccc(-c5ccc(N(c6ccccc6)c6ccc7c(c6)C(c6ccccc6)(c6ccc(C=C)cc6)c6ccccc6-7)cc5)cc4)cc32)cc1. The molecule has 2 aliphatic carbocycles. The van der Waals surface area contributed by atoms with Crippen molar-refractivity contribution in [2.24, 2.45) is 0 Å². The number of hydrogen-bond acceptors (Lipinski definition) is 2. The van der Waals surface area contributed by atoms with Gasteiger partial charge in [0, 0.05) is 34.1 Å². The molecular weight excluding hydrogens is 965 g/mol. The Morgan fingerprint density at radius 3 is 0.887 bits per heavy atom. The van der Waals surface area contributed by atoms with Crippen molar-refractivity contribution in [3.05, 3.63) is 372 Å². The minimum Gasteiger partial charge on any atom is -0.310 e. The lowest BCUT2D eigenvalue weighted by atomic mass is 9.67. The van der Waals surface area contributed by atoms with Gasteiger partial charge in [0.25, 0.3) is 0 Å². The van der Waals surface area contributed by atoms with Crippen molar-refractivity contribution in [3.8, 4) is 33.4 Å². The Balaban J connectivity index is 0.847. The lowest BCUT2D eigenvalue weighted by Gasteiger charge is -2.35. The molecule has 2 aliphatic rings. The molecule has 0 bridgehead atoms. The molecule has 0 saturated heterocycles. The number of nitrogens with zero attached hydrogens (tertiary/aromatic N) is 2. The summed E-state index contributed by atoms with van der Waals surface area (Å²) in [7, 11) is 0. The summed E-state index contributed by atoms with van der Waals surface area (Å²) >= 11 is 0. The van der Waals surface area contributed by atoms with Crippen molar-refractivity contribution in [2.45, 2.75) is 10.8 Å². The smallest absolute Gasteiger partial charge is 0.0714 e. The Hall–Kier alpha value is -10.3. The zero-order valence-corrected chi connectivity index (χ0v) is 44.3. The van der Waals surface area contributed by atoms with Crippen LogP contribution in [0, 0.1) is 0 Å². The van der Waals surface area contributed by atoms with Crippen molar-refractivity contribution >= 4 is 46.3 Å². The van der Waals surface area contributed by atoms with Gasteiger partial charge in [-0.15, -0.1) is 0 Å². The molecule has 378 valence electrons. The third-order valence-electron chi connectivity index (χ3n) is 16.8. The van der Waals surface area contributed by atoms with Crippen LogP contribution in [0.25, 0.3) is 45.5 Å². The van der Waals surface area contributed by atoms with E-state index >= 15 is 0 Å². The second-order valence-corrected chi connectivity index (χ2v) is 20.9. The molecule has 0 fully saturated rings. The van der Waals surface area contributed by atoms with E-state index in [9.17, 15) is 0 Å². The maximum absolute atomic E-state index is 4.07. The molecule has 2 atom stereocenters. The fourth-order valence-corrected chi connectivity index (χ4v) is 13.2. The summed E-state index contributed by atoms with van der Waals surface area (Å²) in [4.78, 5) is 4.78. The molecule has 0 amide bonds. The van der Waals surface area contributed by atoms with Crippen LogP contribution in [0.5, 0.6) is 0 Å². The van der Waals surface area contributed by atoms with Gasteiger partial charge in [0.05, 0.1) is 10.8 Å². The summed E-state index contributed by atoms with van der Waals surface area (Å²) < 4.78 is 0. The third kappa shape index (κ3) is 7.71. The zero-order valence-electron chi connectivity index (χ0n) is 44.3. The predicted octanol–water partition coefficient (Wildman–Crippen LogP) is 20.3. The average Bonchev–Trinajstić information content (AvgIpc) is 3.88. The van der Waals surface area contributed by atoms with Crippen LogP contribution in [0.4, 0.5) is 34.1 Å². The van der Waals surface area contributed by atoms with Gasteiger partial charge in [-0.25, -0.2) is 0 Å². The van der Waals surface area contributed by atoms with Gasteiger partial charge < -0.3 is 9.80 Å². The first-order valence-corrected chi connectivity index (χ1v) is 27.5. The van der Waals surface area contributed by atoms with E-state index < -0.39 is 10.8 Å². The quantitative estimate of drug-likeness (QED) is 0.114. The lowest BCUT2D eigenvalue weighted by molar-refractivity contribution is 0.768. The molecule has 0 spiro atoms. The highest BCUT2D eigenvalue weighted by atomic mass is 15.1. The van der Waals surface area contributed by atoms with E-state index in [0.29, 0.717) is 0 Å². The van der Waals surface area contributed by atoms with E-state index in [4.69, 9.17) is 0 Å². The first kappa shape index (κ1) is 48.1. The van der Waals surface area contributed by atoms with Gasteiger partial charge in [-0.3, -0.25) is 0 Å². The average molecular weight is 1020 g/mol. The largest absolute Gasteiger partial charge is 0.310 e. The van der Waals surface area contributed by atoms with Crippen LogP contribution in [0.2, 0.25) is 0 Å². The number of rotatable bonds is 13. The molecule has 2 unspecified atom stereocenters. The van der Waals surface area contributed by atoms with Crippen LogP contribution >= 0.6 is 0 Å². The Morgan fingerprint density at radius 2 is 0.525 bits per heavy atom. The summed E-state index contributed by atoms with van der Waals surface area (Å²) in [5, 5.41) is 0. The third-order valence-corrected chi connectivity index (χ3v) is 16.8. The first-order valence-electron chi connectivity index (χ1n) is 27.5. The van der Waals surface area contributed by atoms with E-state index in [2.05, 4.69) is 326 Å². The van der Waals surface area contributed by atoms with Crippen LogP contribution in [-0.2, 0) is 10.8 Å².